The van der Waals surface area contributed by atoms with E-state index in [0.717, 1.165) is 0 Å². The van der Waals surface area contributed by atoms with Gasteiger partial charge in [0.1, 0.15) is 6.04 Å². The van der Waals surface area contributed by atoms with E-state index in [-0.39, 0.29) is 40.1 Å². The van der Waals surface area contributed by atoms with E-state index in [2.05, 4.69) is 20.6 Å². The normalized spacial score (nSPS) is 11.4. The van der Waals surface area contributed by atoms with Crippen molar-refractivity contribution in [2.75, 3.05) is 11.9 Å². The molecule has 12 heteroatoms. The second-order valence-corrected chi connectivity index (χ2v) is 7.73. The van der Waals surface area contributed by atoms with Crippen molar-refractivity contribution in [3.05, 3.63) is 86.3 Å². The number of carbonyl (C=O) groups excluding carboxylic acids is 2. The quantitative estimate of drug-likeness (QED) is 0.250. The first-order chi connectivity index (χ1) is 16.3. The highest BCUT2D eigenvalue weighted by Gasteiger charge is 2.26. The fourth-order valence-corrected chi connectivity index (χ4v) is 3.62. The fourth-order valence-electron chi connectivity index (χ4n) is 3.08. The van der Waals surface area contributed by atoms with E-state index in [9.17, 15) is 19.7 Å². The first-order valence-electron chi connectivity index (χ1n) is 10.0. The van der Waals surface area contributed by atoms with Crippen LogP contribution in [0.1, 0.15) is 22.8 Å². The van der Waals surface area contributed by atoms with Crippen LogP contribution in [0.25, 0.3) is 0 Å². The van der Waals surface area contributed by atoms with Crippen LogP contribution in [0.4, 0.5) is 17.2 Å². The number of ether oxygens (including phenoxy) is 1. The third-order valence-corrected chi connectivity index (χ3v) is 5.14. The highest BCUT2D eigenvalue weighted by Crippen LogP contribution is 2.26. The molecule has 1 atom stereocenters. The fraction of sp³-hybridized carbons (Fsp3) is 0.182. The van der Waals surface area contributed by atoms with Crippen LogP contribution in [0.2, 0.25) is 10.0 Å². The zero-order valence-corrected chi connectivity index (χ0v) is 19.3. The molecule has 34 heavy (non-hydrogen) atoms. The van der Waals surface area contributed by atoms with Gasteiger partial charge < -0.3 is 15.4 Å². The predicted octanol–water partition coefficient (Wildman–Crippen LogP) is 4.34. The minimum Gasteiger partial charge on any atom is -0.464 e. The van der Waals surface area contributed by atoms with Crippen molar-refractivity contribution in [2.45, 2.75) is 19.4 Å². The molecular formula is C22H19Cl2N5O5. The summed E-state index contributed by atoms with van der Waals surface area (Å²) in [6, 6.07) is 8.57. The van der Waals surface area contributed by atoms with Crippen LogP contribution in [-0.2, 0) is 16.0 Å². The Morgan fingerprint density at radius 1 is 1.18 bits per heavy atom. The summed E-state index contributed by atoms with van der Waals surface area (Å²) < 4.78 is 5.11. The van der Waals surface area contributed by atoms with Crippen molar-refractivity contribution in [1.82, 2.24) is 15.3 Å². The average molecular weight is 504 g/mol. The molecule has 0 unspecified atom stereocenters. The van der Waals surface area contributed by atoms with Crippen LogP contribution in [0.15, 0.2) is 55.0 Å². The summed E-state index contributed by atoms with van der Waals surface area (Å²) in [5.41, 5.74) is 0.962. The zero-order chi connectivity index (χ0) is 24.7. The molecule has 0 bridgehead atoms. The topological polar surface area (TPSA) is 136 Å². The van der Waals surface area contributed by atoms with Gasteiger partial charge in [-0.25, -0.2) is 9.78 Å². The number of anilines is 2. The summed E-state index contributed by atoms with van der Waals surface area (Å²) in [5, 5.41) is 16.8. The van der Waals surface area contributed by atoms with Crippen molar-refractivity contribution in [1.29, 1.82) is 0 Å². The number of aromatic nitrogens is 2. The lowest BCUT2D eigenvalue weighted by molar-refractivity contribution is -0.384. The molecule has 1 amide bonds. The number of nitro groups is 1. The van der Waals surface area contributed by atoms with E-state index < -0.39 is 22.8 Å². The molecule has 2 aromatic heterocycles. The number of hydrogen-bond acceptors (Lipinski definition) is 8. The molecule has 0 saturated heterocycles. The maximum absolute atomic E-state index is 12.8. The van der Waals surface area contributed by atoms with E-state index in [1.54, 1.807) is 31.2 Å². The second kappa shape index (κ2) is 11.4. The maximum Gasteiger partial charge on any atom is 0.328 e. The Morgan fingerprint density at radius 2 is 1.91 bits per heavy atom. The van der Waals surface area contributed by atoms with Gasteiger partial charge in [0.25, 0.3) is 5.91 Å². The number of nitrogens with one attached hydrogen (secondary N) is 2. The van der Waals surface area contributed by atoms with E-state index in [0.29, 0.717) is 11.3 Å². The minimum absolute atomic E-state index is 0.00879. The third kappa shape index (κ3) is 6.18. The smallest absolute Gasteiger partial charge is 0.328 e. The number of nitrogens with zero attached hydrogens (tertiary/aromatic N) is 3. The maximum atomic E-state index is 12.8. The standard InChI is InChI=1S/C22H19Cl2N5O5/c1-2-34-22(31)17(28-21(30)19-15(23)11-25-12-16(19)24)10-13-5-3-6-14(9-13)27-20-18(29(32)33)7-4-8-26-20/h3-9,11-12,17H,2,10H2,1H3,(H,26,27)(H,28,30)/t17-/m0/s1. The number of pyridine rings is 2. The van der Waals surface area contributed by atoms with Gasteiger partial charge in [-0.3, -0.25) is 19.9 Å². The van der Waals surface area contributed by atoms with Crippen LogP contribution in [0.3, 0.4) is 0 Å². The lowest BCUT2D eigenvalue weighted by atomic mass is 10.0. The van der Waals surface area contributed by atoms with Gasteiger partial charge in [0.2, 0.25) is 5.82 Å². The molecule has 0 aliphatic rings. The highest BCUT2D eigenvalue weighted by molar-refractivity contribution is 6.39. The van der Waals surface area contributed by atoms with Crippen molar-refractivity contribution >= 4 is 52.3 Å². The number of carbonyl (C=O) groups is 2. The van der Waals surface area contributed by atoms with Crippen molar-refractivity contribution in [3.63, 3.8) is 0 Å². The van der Waals surface area contributed by atoms with Crippen LogP contribution < -0.4 is 10.6 Å². The number of rotatable bonds is 9. The molecule has 2 heterocycles. The molecule has 0 aliphatic heterocycles. The van der Waals surface area contributed by atoms with Gasteiger partial charge in [0, 0.05) is 36.8 Å². The molecule has 2 N–H and O–H groups in total. The van der Waals surface area contributed by atoms with Crippen LogP contribution in [0, 0.1) is 10.1 Å². The van der Waals surface area contributed by atoms with Gasteiger partial charge >= 0.3 is 11.7 Å². The Balaban J connectivity index is 1.83. The van der Waals surface area contributed by atoms with E-state index >= 15 is 0 Å². The zero-order valence-electron chi connectivity index (χ0n) is 17.8. The summed E-state index contributed by atoms with van der Waals surface area (Å²) in [6.45, 7) is 1.77. The number of amides is 1. The van der Waals surface area contributed by atoms with Gasteiger partial charge in [-0.05, 0) is 30.7 Å². The molecular weight excluding hydrogens is 485 g/mol. The molecule has 0 aliphatic carbocycles. The summed E-state index contributed by atoms with van der Waals surface area (Å²) in [6.07, 6.45) is 4.05. The summed E-state index contributed by atoms with van der Waals surface area (Å²) >= 11 is 12.1. The van der Waals surface area contributed by atoms with Crippen molar-refractivity contribution in [2.24, 2.45) is 0 Å². The van der Waals surface area contributed by atoms with Crippen molar-refractivity contribution < 1.29 is 19.2 Å². The van der Waals surface area contributed by atoms with Crippen LogP contribution in [-0.4, -0.2) is 39.4 Å². The number of hydrogen-bond donors (Lipinski definition) is 2. The van der Waals surface area contributed by atoms with E-state index in [4.69, 9.17) is 27.9 Å². The molecule has 176 valence electrons. The molecule has 3 aromatic rings. The second-order valence-electron chi connectivity index (χ2n) is 6.91. The van der Waals surface area contributed by atoms with E-state index in [1.807, 2.05) is 0 Å². The lowest BCUT2D eigenvalue weighted by Gasteiger charge is -2.18. The van der Waals surface area contributed by atoms with Gasteiger partial charge in [-0.1, -0.05) is 35.3 Å². The Morgan fingerprint density at radius 3 is 2.59 bits per heavy atom. The third-order valence-electron chi connectivity index (χ3n) is 4.57. The SMILES string of the molecule is CCOC(=O)[C@H](Cc1cccc(Nc2ncccc2[N+](=O)[O-])c1)NC(=O)c1c(Cl)cncc1Cl. The summed E-state index contributed by atoms with van der Waals surface area (Å²) in [5.74, 6) is -1.23. The van der Waals surface area contributed by atoms with Crippen molar-refractivity contribution in [3.8, 4) is 0 Å². The molecule has 1 aromatic carbocycles. The highest BCUT2D eigenvalue weighted by atomic mass is 35.5. The molecule has 0 radical (unpaired) electrons. The molecule has 10 nitrogen and oxygen atoms in total. The predicted molar refractivity (Wildman–Crippen MR) is 126 cm³/mol. The minimum atomic E-state index is -1.05. The molecule has 0 spiro atoms. The van der Waals surface area contributed by atoms with Crippen LogP contribution in [0.5, 0.6) is 0 Å². The lowest BCUT2D eigenvalue weighted by Crippen LogP contribution is -2.43. The van der Waals surface area contributed by atoms with Gasteiger partial charge in [0.05, 0.1) is 27.1 Å². The summed E-state index contributed by atoms with van der Waals surface area (Å²) in [4.78, 5) is 43.9. The molecule has 0 saturated carbocycles. The first-order valence-corrected chi connectivity index (χ1v) is 10.8. The Hall–Kier alpha value is -3.76. The number of esters is 1. The molecule has 3 rings (SSSR count). The monoisotopic (exact) mass is 503 g/mol. The largest absolute Gasteiger partial charge is 0.464 e. The number of benzene rings is 1. The van der Waals surface area contributed by atoms with Crippen LogP contribution >= 0.6 is 23.2 Å². The summed E-state index contributed by atoms with van der Waals surface area (Å²) in [7, 11) is 0. The Labute approximate surface area is 204 Å². The van der Waals surface area contributed by atoms with Gasteiger partial charge in [-0.2, -0.15) is 0 Å². The molecule has 0 fully saturated rings. The van der Waals surface area contributed by atoms with E-state index in [1.165, 1.54) is 30.7 Å². The average Bonchev–Trinajstić information content (AvgIpc) is 2.79. The number of halogens is 2. The Kier molecular flexibility index (Phi) is 8.34. The Bertz CT molecular complexity index is 1200. The van der Waals surface area contributed by atoms with Gasteiger partial charge in [0.15, 0.2) is 0 Å². The van der Waals surface area contributed by atoms with Gasteiger partial charge in [-0.15, -0.1) is 0 Å². The first kappa shape index (κ1) is 24.9.